The van der Waals surface area contributed by atoms with Gasteiger partial charge in [0.1, 0.15) is 5.82 Å². The lowest BCUT2D eigenvalue weighted by molar-refractivity contribution is 0.0342. The second-order valence-corrected chi connectivity index (χ2v) is 6.75. The molecule has 0 amide bonds. The van der Waals surface area contributed by atoms with Crippen LogP contribution in [-0.2, 0) is 11.3 Å². The maximum atomic E-state index is 13.9. The number of thiophene rings is 1. The molecular formula is C19H18FNOS. The van der Waals surface area contributed by atoms with Gasteiger partial charge in [-0.1, -0.05) is 24.3 Å². The van der Waals surface area contributed by atoms with Gasteiger partial charge in [0.05, 0.1) is 13.2 Å². The Balaban J connectivity index is 1.77. The molecule has 4 rings (SSSR count). The normalized spacial score (nSPS) is 16.0. The van der Waals surface area contributed by atoms with Crippen LogP contribution in [0.5, 0.6) is 0 Å². The van der Waals surface area contributed by atoms with E-state index in [1.54, 1.807) is 23.5 Å². The van der Waals surface area contributed by atoms with E-state index < -0.39 is 0 Å². The average molecular weight is 327 g/mol. The summed E-state index contributed by atoms with van der Waals surface area (Å²) in [4.78, 5) is 2.37. The van der Waals surface area contributed by atoms with Gasteiger partial charge in [-0.25, -0.2) is 4.39 Å². The summed E-state index contributed by atoms with van der Waals surface area (Å²) in [7, 11) is 0. The monoisotopic (exact) mass is 327 g/mol. The van der Waals surface area contributed by atoms with Gasteiger partial charge in [-0.05, 0) is 45.7 Å². The van der Waals surface area contributed by atoms with Crippen LogP contribution < -0.4 is 0 Å². The molecule has 23 heavy (non-hydrogen) atoms. The summed E-state index contributed by atoms with van der Waals surface area (Å²) in [6.07, 6.45) is 0. The van der Waals surface area contributed by atoms with Crippen molar-refractivity contribution in [2.24, 2.45) is 0 Å². The standard InChI is InChI=1S/C19H18FNOS/c20-16-5-4-15(13-21-7-9-22-10-8-21)18(12-16)17-3-1-2-14-6-11-23-19(14)17/h1-6,11-12H,7-10,13H2. The maximum Gasteiger partial charge on any atom is 0.123 e. The third-order valence-electron chi connectivity index (χ3n) is 4.34. The molecule has 2 aromatic carbocycles. The molecule has 0 saturated carbocycles. The third-order valence-corrected chi connectivity index (χ3v) is 5.30. The van der Waals surface area contributed by atoms with E-state index in [-0.39, 0.29) is 5.82 Å². The lowest BCUT2D eigenvalue weighted by atomic mass is 9.98. The van der Waals surface area contributed by atoms with Gasteiger partial charge in [0.15, 0.2) is 0 Å². The van der Waals surface area contributed by atoms with E-state index in [4.69, 9.17) is 4.74 Å². The first kappa shape index (κ1) is 14.8. The average Bonchev–Trinajstić information content (AvgIpc) is 3.06. The highest BCUT2D eigenvalue weighted by Gasteiger charge is 2.15. The number of benzene rings is 2. The van der Waals surface area contributed by atoms with Crippen molar-refractivity contribution in [3.05, 3.63) is 59.2 Å². The molecule has 0 radical (unpaired) electrons. The Morgan fingerprint density at radius 2 is 1.91 bits per heavy atom. The number of morpholine rings is 1. The number of hydrogen-bond donors (Lipinski definition) is 0. The summed E-state index contributed by atoms with van der Waals surface area (Å²) in [5, 5.41) is 3.31. The van der Waals surface area contributed by atoms with Gasteiger partial charge in [0.2, 0.25) is 0 Å². The molecule has 1 aromatic heterocycles. The van der Waals surface area contributed by atoms with Crippen molar-refractivity contribution in [2.75, 3.05) is 26.3 Å². The highest BCUT2D eigenvalue weighted by atomic mass is 32.1. The zero-order valence-electron chi connectivity index (χ0n) is 12.8. The molecule has 0 unspecified atom stereocenters. The molecule has 0 atom stereocenters. The van der Waals surface area contributed by atoms with Crippen LogP contribution in [0.4, 0.5) is 4.39 Å². The summed E-state index contributed by atoms with van der Waals surface area (Å²) >= 11 is 1.71. The van der Waals surface area contributed by atoms with E-state index in [9.17, 15) is 4.39 Å². The summed E-state index contributed by atoms with van der Waals surface area (Å²) in [5.41, 5.74) is 3.30. The lowest BCUT2D eigenvalue weighted by Crippen LogP contribution is -2.35. The summed E-state index contributed by atoms with van der Waals surface area (Å²) < 4.78 is 20.5. The van der Waals surface area contributed by atoms with Crippen LogP contribution >= 0.6 is 11.3 Å². The smallest absolute Gasteiger partial charge is 0.123 e. The van der Waals surface area contributed by atoms with Crippen LogP contribution in [0, 0.1) is 5.82 Å². The first-order chi connectivity index (χ1) is 11.3. The minimum absolute atomic E-state index is 0.181. The van der Waals surface area contributed by atoms with Gasteiger partial charge >= 0.3 is 0 Å². The molecule has 1 saturated heterocycles. The van der Waals surface area contributed by atoms with E-state index in [1.807, 2.05) is 12.1 Å². The largest absolute Gasteiger partial charge is 0.379 e. The molecule has 2 heterocycles. The molecule has 1 fully saturated rings. The molecule has 1 aliphatic heterocycles. The Kier molecular flexibility index (Phi) is 4.12. The molecule has 0 aliphatic carbocycles. The van der Waals surface area contributed by atoms with Gasteiger partial charge in [0.25, 0.3) is 0 Å². The van der Waals surface area contributed by atoms with Crippen molar-refractivity contribution in [2.45, 2.75) is 6.54 Å². The Labute approximate surface area is 139 Å². The lowest BCUT2D eigenvalue weighted by Gasteiger charge is -2.27. The SMILES string of the molecule is Fc1ccc(CN2CCOCC2)c(-c2cccc3ccsc23)c1. The number of ether oxygens (including phenoxy) is 1. The van der Waals surface area contributed by atoms with E-state index in [0.717, 1.165) is 44.0 Å². The van der Waals surface area contributed by atoms with Crippen molar-refractivity contribution in [3.8, 4) is 11.1 Å². The van der Waals surface area contributed by atoms with Crippen molar-refractivity contribution in [1.29, 1.82) is 0 Å². The first-order valence-electron chi connectivity index (χ1n) is 7.86. The third kappa shape index (κ3) is 3.02. The molecule has 0 N–H and O–H groups in total. The number of halogens is 1. The topological polar surface area (TPSA) is 12.5 Å². The van der Waals surface area contributed by atoms with Gasteiger partial charge in [-0.2, -0.15) is 0 Å². The van der Waals surface area contributed by atoms with Crippen LogP contribution in [0.1, 0.15) is 5.56 Å². The predicted molar refractivity (Wildman–Crippen MR) is 93.3 cm³/mol. The van der Waals surface area contributed by atoms with Crippen molar-refractivity contribution in [1.82, 2.24) is 4.90 Å². The number of nitrogens with zero attached hydrogens (tertiary/aromatic N) is 1. The summed E-state index contributed by atoms with van der Waals surface area (Å²) in [5.74, 6) is -0.181. The second-order valence-electron chi connectivity index (χ2n) is 5.83. The Morgan fingerprint density at radius 1 is 1.04 bits per heavy atom. The second kappa shape index (κ2) is 6.40. The molecule has 0 spiro atoms. The van der Waals surface area contributed by atoms with Crippen LogP contribution in [-0.4, -0.2) is 31.2 Å². The molecule has 2 nitrogen and oxygen atoms in total. The van der Waals surface area contributed by atoms with Crippen LogP contribution in [0.3, 0.4) is 0 Å². The molecule has 4 heteroatoms. The first-order valence-corrected chi connectivity index (χ1v) is 8.74. The molecule has 0 bridgehead atoms. The van der Waals surface area contributed by atoms with Crippen molar-refractivity contribution < 1.29 is 9.13 Å². The van der Waals surface area contributed by atoms with Gasteiger partial charge < -0.3 is 4.74 Å². The van der Waals surface area contributed by atoms with E-state index in [2.05, 4.69) is 28.5 Å². The van der Waals surface area contributed by atoms with Gasteiger partial charge in [0, 0.05) is 24.3 Å². The van der Waals surface area contributed by atoms with E-state index in [1.165, 1.54) is 15.6 Å². The fourth-order valence-electron chi connectivity index (χ4n) is 3.14. The Bertz CT molecular complexity index is 823. The zero-order valence-corrected chi connectivity index (χ0v) is 13.6. The zero-order chi connectivity index (χ0) is 15.6. The van der Waals surface area contributed by atoms with Gasteiger partial charge in [-0.15, -0.1) is 11.3 Å². The minimum Gasteiger partial charge on any atom is -0.379 e. The fraction of sp³-hybridized carbons (Fsp3) is 0.263. The van der Waals surface area contributed by atoms with Crippen molar-refractivity contribution in [3.63, 3.8) is 0 Å². The van der Waals surface area contributed by atoms with E-state index in [0.29, 0.717) is 0 Å². The quantitative estimate of drug-likeness (QED) is 0.700. The highest BCUT2D eigenvalue weighted by molar-refractivity contribution is 7.17. The van der Waals surface area contributed by atoms with Crippen molar-refractivity contribution >= 4 is 21.4 Å². The molecule has 118 valence electrons. The number of rotatable bonds is 3. The van der Waals surface area contributed by atoms with Gasteiger partial charge in [-0.3, -0.25) is 4.90 Å². The summed E-state index contributed by atoms with van der Waals surface area (Å²) in [6.45, 7) is 4.24. The van der Waals surface area contributed by atoms with Crippen LogP contribution in [0.2, 0.25) is 0 Å². The highest BCUT2D eigenvalue weighted by Crippen LogP contribution is 2.35. The minimum atomic E-state index is -0.181. The molecular weight excluding hydrogens is 309 g/mol. The summed E-state index contributed by atoms with van der Waals surface area (Å²) in [6, 6.07) is 13.5. The Hall–Kier alpha value is -1.75. The predicted octanol–water partition coefficient (Wildman–Crippen LogP) is 4.54. The Morgan fingerprint density at radius 3 is 2.78 bits per heavy atom. The van der Waals surface area contributed by atoms with Crippen LogP contribution in [0.15, 0.2) is 47.8 Å². The van der Waals surface area contributed by atoms with Crippen LogP contribution in [0.25, 0.3) is 21.2 Å². The number of fused-ring (bicyclic) bond motifs is 1. The molecule has 1 aliphatic rings. The van der Waals surface area contributed by atoms with E-state index >= 15 is 0 Å². The maximum absolute atomic E-state index is 13.9. The number of hydrogen-bond acceptors (Lipinski definition) is 3. The molecule has 3 aromatic rings. The fourth-order valence-corrected chi connectivity index (χ4v) is 4.07.